The van der Waals surface area contributed by atoms with E-state index in [0.717, 1.165) is 11.3 Å². The predicted molar refractivity (Wildman–Crippen MR) is 66.0 cm³/mol. The third-order valence-electron chi connectivity index (χ3n) is 2.67. The smallest absolute Gasteiger partial charge is 0.345 e. The summed E-state index contributed by atoms with van der Waals surface area (Å²) in [4.78, 5) is 10.8. The van der Waals surface area contributed by atoms with Gasteiger partial charge in [-0.1, -0.05) is 6.92 Å². The maximum atomic E-state index is 12.1. The van der Waals surface area contributed by atoms with Crippen LogP contribution < -0.4 is 0 Å². The molecule has 0 aliphatic carbocycles. The summed E-state index contributed by atoms with van der Waals surface area (Å²) in [5.74, 6) is -1.11. The zero-order valence-corrected chi connectivity index (χ0v) is 11.5. The highest BCUT2D eigenvalue weighted by molar-refractivity contribution is 7.89. The second kappa shape index (κ2) is 5.16. The number of carboxylic acids is 1. The Labute approximate surface area is 105 Å². The molecule has 1 aromatic rings. The van der Waals surface area contributed by atoms with Gasteiger partial charge < -0.3 is 5.11 Å². The van der Waals surface area contributed by atoms with Gasteiger partial charge in [0, 0.05) is 18.5 Å². The van der Waals surface area contributed by atoms with Crippen LogP contribution in [0.25, 0.3) is 0 Å². The zero-order valence-electron chi connectivity index (χ0n) is 9.87. The summed E-state index contributed by atoms with van der Waals surface area (Å²) in [6.07, 6.45) is 0.700. The molecule has 0 spiro atoms. The quantitative estimate of drug-likeness (QED) is 0.891. The number of nitrogens with zero attached hydrogens (tertiary/aromatic N) is 1. The van der Waals surface area contributed by atoms with Crippen LogP contribution in [0, 0.1) is 0 Å². The van der Waals surface area contributed by atoms with E-state index in [-0.39, 0.29) is 15.8 Å². The second-order valence-electron chi connectivity index (χ2n) is 3.73. The van der Waals surface area contributed by atoms with E-state index in [4.69, 9.17) is 5.11 Å². The molecule has 0 radical (unpaired) electrons. The SMILES string of the molecule is CCC(C)N(C)S(=O)(=O)c1csc(C(=O)O)c1. The van der Waals surface area contributed by atoms with Gasteiger partial charge in [-0.15, -0.1) is 11.3 Å². The highest BCUT2D eigenvalue weighted by Crippen LogP contribution is 2.23. The summed E-state index contributed by atoms with van der Waals surface area (Å²) in [6.45, 7) is 3.70. The van der Waals surface area contributed by atoms with E-state index in [1.54, 1.807) is 0 Å². The van der Waals surface area contributed by atoms with Crippen LogP contribution in [0.4, 0.5) is 0 Å². The fraction of sp³-hybridized carbons (Fsp3) is 0.500. The average molecular weight is 277 g/mol. The topological polar surface area (TPSA) is 74.7 Å². The Balaban J connectivity index is 3.09. The molecule has 0 bridgehead atoms. The van der Waals surface area contributed by atoms with E-state index in [9.17, 15) is 13.2 Å². The van der Waals surface area contributed by atoms with Crippen LogP contribution in [0.1, 0.15) is 29.9 Å². The third kappa shape index (κ3) is 2.85. The first-order valence-corrected chi connectivity index (χ1v) is 7.42. The van der Waals surface area contributed by atoms with E-state index >= 15 is 0 Å². The summed E-state index contributed by atoms with van der Waals surface area (Å²) < 4.78 is 25.5. The number of hydrogen-bond donors (Lipinski definition) is 1. The number of carboxylic acid groups (broad SMARTS) is 1. The molecule has 1 rings (SSSR count). The molecule has 1 atom stereocenters. The van der Waals surface area contributed by atoms with Crippen molar-refractivity contribution in [2.24, 2.45) is 0 Å². The van der Waals surface area contributed by atoms with Gasteiger partial charge in [-0.2, -0.15) is 4.31 Å². The standard InChI is InChI=1S/C10H15NO4S2/c1-4-7(2)11(3)17(14,15)8-5-9(10(12)13)16-6-8/h5-7H,4H2,1-3H3,(H,12,13). The summed E-state index contributed by atoms with van der Waals surface area (Å²) in [5, 5.41) is 10.1. The van der Waals surface area contributed by atoms with Crippen molar-refractivity contribution < 1.29 is 18.3 Å². The van der Waals surface area contributed by atoms with Gasteiger partial charge in [0.25, 0.3) is 0 Å². The second-order valence-corrected chi connectivity index (χ2v) is 6.64. The Morgan fingerprint density at radius 1 is 1.59 bits per heavy atom. The Hall–Kier alpha value is -0.920. The molecule has 0 fully saturated rings. The summed E-state index contributed by atoms with van der Waals surface area (Å²) in [5.41, 5.74) is 0. The van der Waals surface area contributed by atoms with Crippen LogP contribution in [0.3, 0.4) is 0 Å². The minimum Gasteiger partial charge on any atom is -0.477 e. The van der Waals surface area contributed by atoms with Gasteiger partial charge in [0.2, 0.25) is 10.0 Å². The Morgan fingerprint density at radius 2 is 2.18 bits per heavy atom. The van der Waals surface area contributed by atoms with Crippen molar-refractivity contribution in [2.75, 3.05) is 7.05 Å². The molecule has 0 saturated heterocycles. The number of hydrogen-bond acceptors (Lipinski definition) is 4. The monoisotopic (exact) mass is 277 g/mol. The Bertz CT molecular complexity index is 506. The lowest BCUT2D eigenvalue weighted by Gasteiger charge is -2.22. The first-order chi connectivity index (χ1) is 7.80. The molecule has 1 heterocycles. The summed E-state index contributed by atoms with van der Waals surface area (Å²) in [6, 6.07) is 1.08. The molecule has 0 amide bonds. The highest BCUT2D eigenvalue weighted by Gasteiger charge is 2.26. The molecule has 0 aromatic carbocycles. The fourth-order valence-corrected chi connectivity index (χ4v) is 3.76. The molecule has 5 nitrogen and oxygen atoms in total. The normalized spacial score (nSPS) is 13.9. The first-order valence-electron chi connectivity index (χ1n) is 5.10. The predicted octanol–water partition coefficient (Wildman–Crippen LogP) is 1.87. The number of carbonyl (C=O) groups is 1. The molecule has 17 heavy (non-hydrogen) atoms. The zero-order chi connectivity index (χ0) is 13.2. The van der Waals surface area contributed by atoms with E-state index in [1.165, 1.54) is 22.8 Å². The van der Waals surface area contributed by atoms with Gasteiger partial charge in [-0.25, -0.2) is 13.2 Å². The molecular weight excluding hydrogens is 262 g/mol. The number of aromatic carboxylic acids is 1. The van der Waals surface area contributed by atoms with Crippen molar-refractivity contribution in [3.05, 3.63) is 16.3 Å². The van der Waals surface area contributed by atoms with Crippen molar-refractivity contribution >= 4 is 27.3 Å². The number of thiophene rings is 1. The molecule has 0 aliphatic heterocycles. The minimum atomic E-state index is -3.58. The van der Waals surface area contributed by atoms with Crippen LogP contribution in [0.2, 0.25) is 0 Å². The fourth-order valence-electron chi connectivity index (χ4n) is 1.23. The largest absolute Gasteiger partial charge is 0.477 e. The van der Waals surface area contributed by atoms with Crippen LogP contribution in [0.5, 0.6) is 0 Å². The lowest BCUT2D eigenvalue weighted by Crippen LogP contribution is -2.34. The van der Waals surface area contributed by atoms with Crippen LogP contribution in [-0.4, -0.2) is 36.9 Å². The summed E-state index contributed by atoms with van der Waals surface area (Å²) in [7, 11) is -2.08. The molecule has 1 N–H and O–H groups in total. The molecule has 7 heteroatoms. The number of sulfonamides is 1. The van der Waals surface area contributed by atoms with Gasteiger partial charge >= 0.3 is 5.97 Å². The molecule has 1 aromatic heterocycles. The number of rotatable bonds is 5. The maximum absolute atomic E-state index is 12.1. The molecule has 96 valence electrons. The van der Waals surface area contributed by atoms with E-state index in [0.29, 0.717) is 6.42 Å². The molecular formula is C10H15NO4S2. The third-order valence-corrected chi connectivity index (χ3v) is 5.69. The van der Waals surface area contributed by atoms with Crippen molar-refractivity contribution in [1.29, 1.82) is 0 Å². The van der Waals surface area contributed by atoms with Crippen molar-refractivity contribution in [3.63, 3.8) is 0 Å². The maximum Gasteiger partial charge on any atom is 0.345 e. The van der Waals surface area contributed by atoms with Crippen LogP contribution in [-0.2, 0) is 10.0 Å². The molecule has 0 aliphatic rings. The van der Waals surface area contributed by atoms with Gasteiger partial charge in [-0.3, -0.25) is 0 Å². The molecule has 0 saturated carbocycles. The van der Waals surface area contributed by atoms with Crippen LogP contribution in [0.15, 0.2) is 16.3 Å². The minimum absolute atomic E-state index is 0.0288. The van der Waals surface area contributed by atoms with E-state index in [2.05, 4.69) is 0 Å². The van der Waals surface area contributed by atoms with E-state index in [1.807, 2.05) is 13.8 Å². The van der Waals surface area contributed by atoms with Gasteiger partial charge in [0.05, 0.1) is 4.90 Å². The van der Waals surface area contributed by atoms with Crippen molar-refractivity contribution in [2.45, 2.75) is 31.2 Å². The first kappa shape index (κ1) is 14.1. The highest BCUT2D eigenvalue weighted by atomic mass is 32.2. The van der Waals surface area contributed by atoms with Crippen molar-refractivity contribution in [1.82, 2.24) is 4.31 Å². The lowest BCUT2D eigenvalue weighted by molar-refractivity contribution is 0.0702. The lowest BCUT2D eigenvalue weighted by atomic mass is 10.3. The Kier molecular flexibility index (Phi) is 4.29. The average Bonchev–Trinajstić information content (AvgIpc) is 2.76. The van der Waals surface area contributed by atoms with Gasteiger partial charge in [0.15, 0.2) is 0 Å². The summed E-state index contributed by atoms with van der Waals surface area (Å²) >= 11 is 0.916. The van der Waals surface area contributed by atoms with E-state index < -0.39 is 16.0 Å². The van der Waals surface area contributed by atoms with Gasteiger partial charge in [-0.05, 0) is 19.4 Å². The molecule has 1 unspecified atom stereocenters. The van der Waals surface area contributed by atoms with Crippen LogP contribution >= 0.6 is 11.3 Å². The van der Waals surface area contributed by atoms with Gasteiger partial charge in [0.1, 0.15) is 4.88 Å². The Morgan fingerprint density at radius 3 is 2.59 bits per heavy atom. The van der Waals surface area contributed by atoms with Crippen molar-refractivity contribution in [3.8, 4) is 0 Å².